The standard InChI is InChI=1S/C29H35N7O4S/c1-29(2,3)40-28(39)31-18-10-13-35(17-18)25(38)22-23(37)19-16-30-27(34-12-7-11-33(4)14-15-34)32-24(19)36-20-8-5-6-9-21(20)41-26(22)36/h5-6,8-9,16,18H,7,10-15,17H2,1-4H3,(H,31,39). The van der Waals surface area contributed by atoms with Crippen molar-refractivity contribution in [3.05, 3.63) is 46.2 Å². The van der Waals surface area contributed by atoms with E-state index in [9.17, 15) is 14.4 Å². The van der Waals surface area contributed by atoms with Crippen molar-refractivity contribution < 1.29 is 14.3 Å². The highest BCUT2D eigenvalue weighted by Gasteiger charge is 2.33. The van der Waals surface area contributed by atoms with E-state index in [4.69, 9.17) is 9.72 Å². The normalized spacial score (nSPS) is 18.8. The van der Waals surface area contributed by atoms with Crippen molar-refractivity contribution in [3.63, 3.8) is 0 Å². The summed E-state index contributed by atoms with van der Waals surface area (Å²) in [6.45, 7) is 9.69. The lowest BCUT2D eigenvalue weighted by atomic mass is 10.2. The number of carbonyl (C=O) groups is 2. The van der Waals surface area contributed by atoms with Crippen LogP contribution in [0.25, 0.3) is 26.1 Å². The molecule has 0 bridgehead atoms. The molecule has 1 unspecified atom stereocenters. The SMILES string of the molecule is CN1CCCN(c2ncc3c(=O)c(C(=O)N4CCC(NC(=O)OC(C)(C)C)C4)c4sc5ccccc5n4c3n2)CC1. The molecule has 2 saturated heterocycles. The number of nitrogens with one attached hydrogen (secondary N) is 1. The number of aromatic nitrogens is 3. The van der Waals surface area contributed by atoms with Crippen LogP contribution in [-0.4, -0.2) is 94.1 Å². The molecule has 1 N–H and O–H groups in total. The van der Waals surface area contributed by atoms with E-state index in [0.29, 0.717) is 41.3 Å². The third-order valence-electron chi connectivity index (χ3n) is 7.58. The number of rotatable bonds is 3. The Kier molecular flexibility index (Phi) is 7.06. The monoisotopic (exact) mass is 577 g/mol. The van der Waals surface area contributed by atoms with E-state index in [1.165, 1.54) is 11.3 Å². The molecular weight excluding hydrogens is 542 g/mol. The second-order valence-corrected chi connectivity index (χ2v) is 12.9. The molecule has 1 aromatic carbocycles. The third kappa shape index (κ3) is 5.33. The number of pyridine rings is 1. The number of alkyl carbamates (subject to hydrolysis) is 1. The number of carbonyl (C=O) groups excluding carboxylic acids is 2. The maximum Gasteiger partial charge on any atom is 0.407 e. The zero-order valence-corrected chi connectivity index (χ0v) is 24.7. The summed E-state index contributed by atoms with van der Waals surface area (Å²) in [5.41, 5.74) is 0.521. The fourth-order valence-electron chi connectivity index (χ4n) is 5.57. The minimum atomic E-state index is -0.615. The first-order valence-electron chi connectivity index (χ1n) is 14.0. The van der Waals surface area contributed by atoms with Gasteiger partial charge in [0, 0.05) is 38.9 Å². The van der Waals surface area contributed by atoms with Gasteiger partial charge in [0.1, 0.15) is 16.0 Å². The van der Waals surface area contributed by atoms with E-state index >= 15 is 0 Å². The lowest BCUT2D eigenvalue weighted by molar-refractivity contribution is 0.0502. The maximum absolute atomic E-state index is 14.0. The number of hydrogen-bond donors (Lipinski definition) is 1. The predicted octanol–water partition coefficient (Wildman–Crippen LogP) is 3.34. The van der Waals surface area contributed by atoms with E-state index in [2.05, 4.69) is 27.1 Å². The van der Waals surface area contributed by atoms with Crippen LogP contribution in [0.1, 0.15) is 44.0 Å². The Bertz CT molecular complexity index is 1710. The summed E-state index contributed by atoms with van der Waals surface area (Å²) in [5.74, 6) is 0.236. The summed E-state index contributed by atoms with van der Waals surface area (Å²) < 4.78 is 8.27. The molecule has 216 valence electrons. The predicted molar refractivity (Wildman–Crippen MR) is 160 cm³/mol. The Hall–Kier alpha value is -3.77. The summed E-state index contributed by atoms with van der Waals surface area (Å²) in [5, 5.41) is 3.17. The lowest BCUT2D eigenvalue weighted by Gasteiger charge is -2.22. The van der Waals surface area contributed by atoms with E-state index in [1.54, 1.807) is 31.9 Å². The van der Waals surface area contributed by atoms with Gasteiger partial charge in [0.2, 0.25) is 11.4 Å². The zero-order chi connectivity index (χ0) is 28.9. The van der Waals surface area contributed by atoms with Gasteiger partial charge >= 0.3 is 6.09 Å². The second-order valence-electron chi connectivity index (χ2n) is 11.8. The van der Waals surface area contributed by atoms with Crippen molar-refractivity contribution >= 4 is 55.4 Å². The lowest BCUT2D eigenvalue weighted by Crippen LogP contribution is -2.41. The van der Waals surface area contributed by atoms with Crippen molar-refractivity contribution in [2.75, 3.05) is 51.2 Å². The molecule has 2 amide bonds. The third-order valence-corrected chi connectivity index (χ3v) is 8.73. The molecule has 2 aliphatic rings. The number of para-hydroxylation sites is 1. The van der Waals surface area contributed by atoms with Crippen LogP contribution in [0.15, 0.2) is 35.3 Å². The van der Waals surface area contributed by atoms with E-state index < -0.39 is 11.7 Å². The number of amides is 2. The first-order valence-corrected chi connectivity index (χ1v) is 14.9. The van der Waals surface area contributed by atoms with Crippen molar-refractivity contribution in [2.45, 2.75) is 45.3 Å². The van der Waals surface area contributed by atoms with Gasteiger partial charge in [-0.2, -0.15) is 4.98 Å². The summed E-state index contributed by atoms with van der Waals surface area (Å²) >= 11 is 1.41. The van der Waals surface area contributed by atoms with E-state index in [-0.39, 0.29) is 22.9 Å². The number of likely N-dealkylation sites (tertiary alicyclic amines) is 1. The van der Waals surface area contributed by atoms with Crippen LogP contribution in [0, 0.1) is 0 Å². The smallest absolute Gasteiger partial charge is 0.407 e. The zero-order valence-electron chi connectivity index (χ0n) is 23.8. The molecule has 0 saturated carbocycles. The van der Waals surface area contributed by atoms with Crippen LogP contribution >= 0.6 is 11.3 Å². The van der Waals surface area contributed by atoms with Gasteiger partial charge in [-0.15, -0.1) is 11.3 Å². The highest BCUT2D eigenvalue weighted by molar-refractivity contribution is 7.24. The molecular formula is C29H35N7O4S. The Morgan fingerprint density at radius 3 is 2.71 bits per heavy atom. The van der Waals surface area contributed by atoms with Crippen LogP contribution in [0.4, 0.5) is 10.7 Å². The van der Waals surface area contributed by atoms with Gasteiger partial charge < -0.3 is 24.8 Å². The largest absolute Gasteiger partial charge is 0.444 e. The summed E-state index contributed by atoms with van der Waals surface area (Å²) in [6.07, 6.45) is 2.63. The first kappa shape index (κ1) is 27.4. The number of nitrogens with zero attached hydrogens (tertiary/aromatic N) is 6. The van der Waals surface area contributed by atoms with Gasteiger partial charge in [-0.3, -0.25) is 14.0 Å². The molecule has 2 aliphatic heterocycles. The molecule has 6 rings (SSSR count). The van der Waals surface area contributed by atoms with Gasteiger partial charge in [-0.05, 0) is 59.3 Å². The Morgan fingerprint density at radius 1 is 1.10 bits per heavy atom. The minimum absolute atomic E-state index is 0.115. The number of anilines is 1. The van der Waals surface area contributed by atoms with Gasteiger partial charge in [0.25, 0.3) is 5.91 Å². The van der Waals surface area contributed by atoms with Crippen LogP contribution < -0.4 is 15.6 Å². The van der Waals surface area contributed by atoms with Crippen LogP contribution in [-0.2, 0) is 4.74 Å². The molecule has 41 heavy (non-hydrogen) atoms. The Balaban J connectivity index is 1.40. The molecule has 1 atom stereocenters. The summed E-state index contributed by atoms with van der Waals surface area (Å²) in [6, 6.07) is 7.60. The molecule has 0 radical (unpaired) electrons. The van der Waals surface area contributed by atoms with Gasteiger partial charge in [0.15, 0.2) is 5.65 Å². The number of likely N-dealkylation sites (N-methyl/N-ethyl adjacent to an activating group) is 1. The number of ether oxygens (including phenoxy) is 1. The number of hydrogen-bond acceptors (Lipinski definition) is 9. The van der Waals surface area contributed by atoms with Crippen LogP contribution in [0.2, 0.25) is 0 Å². The highest BCUT2D eigenvalue weighted by atomic mass is 32.1. The summed E-state index contributed by atoms with van der Waals surface area (Å²) in [7, 11) is 2.11. The molecule has 0 spiro atoms. The van der Waals surface area contributed by atoms with Gasteiger partial charge in [-0.25, -0.2) is 9.78 Å². The first-order chi connectivity index (χ1) is 19.6. The highest BCUT2D eigenvalue weighted by Crippen LogP contribution is 2.32. The molecule has 3 aromatic heterocycles. The average Bonchev–Trinajstić information content (AvgIpc) is 3.47. The van der Waals surface area contributed by atoms with Crippen molar-refractivity contribution in [3.8, 4) is 0 Å². The number of fused-ring (bicyclic) bond motifs is 5. The van der Waals surface area contributed by atoms with Crippen LogP contribution in [0.5, 0.6) is 0 Å². The van der Waals surface area contributed by atoms with Crippen molar-refractivity contribution in [1.29, 1.82) is 0 Å². The summed E-state index contributed by atoms with van der Waals surface area (Å²) in [4.78, 5) is 56.4. The van der Waals surface area contributed by atoms with Gasteiger partial charge in [-0.1, -0.05) is 12.1 Å². The van der Waals surface area contributed by atoms with Crippen molar-refractivity contribution in [1.82, 2.24) is 29.5 Å². The molecule has 5 heterocycles. The van der Waals surface area contributed by atoms with Crippen molar-refractivity contribution in [2.24, 2.45) is 0 Å². The molecule has 11 nitrogen and oxygen atoms in total. The van der Waals surface area contributed by atoms with Crippen LogP contribution in [0.3, 0.4) is 0 Å². The van der Waals surface area contributed by atoms with E-state index in [0.717, 1.165) is 42.8 Å². The van der Waals surface area contributed by atoms with Gasteiger partial charge in [0.05, 0.1) is 21.6 Å². The maximum atomic E-state index is 14.0. The minimum Gasteiger partial charge on any atom is -0.444 e. The van der Waals surface area contributed by atoms with E-state index in [1.807, 2.05) is 28.7 Å². The fraction of sp³-hybridized carbons (Fsp3) is 0.483. The number of thiazole rings is 1. The molecule has 0 aliphatic carbocycles. The molecule has 2 fully saturated rings. The average molecular weight is 578 g/mol. The Labute approximate surface area is 241 Å². The quantitative estimate of drug-likeness (QED) is 0.395. The number of benzene rings is 1. The topological polar surface area (TPSA) is 112 Å². The second kappa shape index (κ2) is 10.6. The Morgan fingerprint density at radius 2 is 1.90 bits per heavy atom. The molecule has 4 aromatic rings. The molecule has 12 heteroatoms. The fourth-order valence-corrected chi connectivity index (χ4v) is 6.75.